The Balaban J connectivity index is 2.81. The zero-order chi connectivity index (χ0) is 11.4. The van der Waals surface area contributed by atoms with Gasteiger partial charge in [0.1, 0.15) is 0 Å². The van der Waals surface area contributed by atoms with E-state index < -0.39 is 6.03 Å². The van der Waals surface area contributed by atoms with Gasteiger partial charge in [-0.05, 0) is 18.2 Å². The van der Waals surface area contributed by atoms with Crippen molar-refractivity contribution >= 4 is 34.9 Å². The van der Waals surface area contributed by atoms with Crippen molar-refractivity contribution in [3.63, 3.8) is 0 Å². The molecule has 0 saturated carbocycles. The number of carbonyl (C=O) groups excluding carboxylic acids is 1. The van der Waals surface area contributed by atoms with Crippen LogP contribution in [-0.4, -0.2) is 6.03 Å². The summed E-state index contributed by atoms with van der Waals surface area (Å²) in [7, 11) is 0. The number of halogens is 2. The molecule has 4 nitrogen and oxygen atoms in total. The molecule has 1 aromatic carbocycles. The van der Waals surface area contributed by atoms with Gasteiger partial charge < -0.3 is 5.73 Å². The van der Waals surface area contributed by atoms with Gasteiger partial charge in [-0.2, -0.15) is 0 Å². The van der Waals surface area contributed by atoms with E-state index in [9.17, 15) is 4.79 Å². The number of carbonyl (C=O) groups is 1. The average Bonchev–Trinajstić information content (AvgIpc) is 2.18. The molecule has 0 aromatic heterocycles. The maximum atomic E-state index is 10.4. The molecule has 0 spiro atoms. The van der Waals surface area contributed by atoms with Crippen molar-refractivity contribution in [2.45, 2.75) is 0 Å². The maximum absolute atomic E-state index is 10.4. The predicted octanol–water partition coefficient (Wildman–Crippen LogP) is 2.14. The SMILES string of the molecule is C=C(NNC(N)=O)c1cc(Cl)ccc1Cl. The van der Waals surface area contributed by atoms with Crippen molar-refractivity contribution in [2.75, 3.05) is 0 Å². The lowest BCUT2D eigenvalue weighted by Crippen LogP contribution is -2.39. The van der Waals surface area contributed by atoms with Crippen LogP contribution in [0.4, 0.5) is 4.79 Å². The van der Waals surface area contributed by atoms with Gasteiger partial charge in [-0.3, -0.25) is 10.9 Å². The monoisotopic (exact) mass is 245 g/mol. The topological polar surface area (TPSA) is 67.2 Å². The first-order valence-corrected chi connectivity index (χ1v) is 4.72. The van der Waals surface area contributed by atoms with Gasteiger partial charge in [0, 0.05) is 10.6 Å². The third-order valence-corrected chi connectivity index (χ3v) is 2.15. The molecular weight excluding hydrogens is 237 g/mol. The summed E-state index contributed by atoms with van der Waals surface area (Å²) in [4.78, 5) is 10.4. The van der Waals surface area contributed by atoms with Gasteiger partial charge in [0.15, 0.2) is 0 Å². The van der Waals surface area contributed by atoms with Crippen LogP contribution in [0.15, 0.2) is 24.8 Å². The van der Waals surface area contributed by atoms with Crippen LogP contribution >= 0.6 is 23.2 Å². The van der Waals surface area contributed by atoms with E-state index in [-0.39, 0.29) is 0 Å². The number of rotatable bonds is 3. The number of nitrogens with two attached hydrogens (primary N) is 1. The normalized spacial score (nSPS) is 9.47. The lowest BCUT2D eigenvalue weighted by atomic mass is 10.2. The summed E-state index contributed by atoms with van der Waals surface area (Å²) >= 11 is 11.7. The summed E-state index contributed by atoms with van der Waals surface area (Å²) in [6.07, 6.45) is 0. The number of nitrogens with one attached hydrogen (secondary N) is 2. The van der Waals surface area contributed by atoms with Gasteiger partial charge in [0.25, 0.3) is 0 Å². The first-order chi connectivity index (χ1) is 7.00. The third kappa shape index (κ3) is 3.34. The Morgan fingerprint density at radius 1 is 1.33 bits per heavy atom. The number of primary amides is 1. The Morgan fingerprint density at radius 2 is 2.00 bits per heavy atom. The van der Waals surface area contributed by atoms with Gasteiger partial charge in [0.05, 0.1) is 10.7 Å². The van der Waals surface area contributed by atoms with Crippen molar-refractivity contribution in [2.24, 2.45) is 5.73 Å². The van der Waals surface area contributed by atoms with E-state index in [1.54, 1.807) is 18.2 Å². The molecule has 0 heterocycles. The maximum Gasteiger partial charge on any atom is 0.330 e. The second-order valence-electron chi connectivity index (χ2n) is 2.72. The highest BCUT2D eigenvalue weighted by Gasteiger charge is 2.05. The van der Waals surface area contributed by atoms with Gasteiger partial charge in [-0.15, -0.1) is 0 Å². The fourth-order valence-electron chi connectivity index (χ4n) is 0.933. The second kappa shape index (κ2) is 4.91. The molecule has 0 aliphatic heterocycles. The Kier molecular flexibility index (Phi) is 3.82. The number of hydrazine groups is 1. The first-order valence-electron chi connectivity index (χ1n) is 3.96. The lowest BCUT2D eigenvalue weighted by molar-refractivity contribution is 0.247. The molecule has 6 heteroatoms. The summed E-state index contributed by atoms with van der Waals surface area (Å²) < 4.78 is 0. The fourth-order valence-corrected chi connectivity index (χ4v) is 1.34. The molecule has 1 rings (SSSR count). The van der Waals surface area contributed by atoms with Crippen molar-refractivity contribution in [3.8, 4) is 0 Å². The minimum Gasteiger partial charge on any atom is -0.350 e. The van der Waals surface area contributed by atoms with E-state index in [0.717, 1.165) is 0 Å². The molecular formula is C9H9Cl2N3O. The lowest BCUT2D eigenvalue weighted by Gasteiger charge is -2.11. The van der Waals surface area contributed by atoms with Crippen molar-refractivity contribution in [3.05, 3.63) is 40.4 Å². The molecule has 2 amide bonds. The minimum atomic E-state index is -0.714. The van der Waals surface area contributed by atoms with E-state index in [4.69, 9.17) is 28.9 Å². The van der Waals surface area contributed by atoms with Gasteiger partial charge in [-0.25, -0.2) is 4.79 Å². The number of hydrogen-bond acceptors (Lipinski definition) is 2. The molecule has 0 atom stereocenters. The molecule has 0 aliphatic rings. The van der Waals surface area contributed by atoms with Crippen molar-refractivity contribution in [1.82, 2.24) is 10.9 Å². The zero-order valence-corrected chi connectivity index (χ0v) is 9.19. The van der Waals surface area contributed by atoms with Crippen LogP contribution in [0.3, 0.4) is 0 Å². The zero-order valence-electron chi connectivity index (χ0n) is 7.68. The Bertz CT molecular complexity index is 406. The average molecular weight is 246 g/mol. The number of hydrogen-bond donors (Lipinski definition) is 3. The quantitative estimate of drug-likeness (QED) is 0.715. The Hall–Kier alpha value is -1.39. The van der Waals surface area contributed by atoms with Gasteiger partial charge in [0.2, 0.25) is 0 Å². The third-order valence-electron chi connectivity index (χ3n) is 1.59. The number of urea groups is 1. The van der Waals surface area contributed by atoms with Crippen molar-refractivity contribution < 1.29 is 4.79 Å². The molecule has 0 saturated heterocycles. The van der Waals surface area contributed by atoms with E-state index in [1.807, 2.05) is 0 Å². The smallest absolute Gasteiger partial charge is 0.330 e. The van der Waals surface area contributed by atoms with Crippen LogP contribution in [0, 0.1) is 0 Å². The molecule has 0 radical (unpaired) electrons. The first kappa shape index (κ1) is 11.7. The molecule has 0 fully saturated rings. The van der Waals surface area contributed by atoms with Crippen LogP contribution in [0.1, 0.15) is 5.56 Å². The van der Waals surface area contributed by atoms with Crippen LogP contribution in [-0.2, 0) is 0 Å². The highest BCUT2D eigenvalue weighted by atomic mass is 35.5. The molecule has 0 bridgehead atoms. The Morgan fingerprint density at radius 3 is 2.60 bits per heavy atom. The van der Waals surface area contributed by atoms with Gasteiger partial charge >= 0.3 is 6.03 Å². The highest BCUT2D eigenvalue weighted by Crippen LogP contribution is 2.24. The van der Waals surface area contributed by atoms with E-state index in [1.165, 1.54) is 0 Å². The summed E-state index contributed by atoms with van der Waals surface area (Å²) in [6.45, 7) is 3.67. The predicted molar refractivity (Wildman–Crippen MR) is 61.4 cm³/mol. The largest absolute Gasteiger partial charge is 0.350 e. The van der Waals surface area contributed by atoms with Crippen LogP contribution in [0.25, 0.3) is 5.70 Å². The summed E-state index contributed by atoms with van der Waals surface area (Å²) in [5, 5.41) is 1.000. The Labute approximate surface area is 97.0 Å². The molecule has 80 valence electrons. The van der Waals surface area contributed by atoms with Crippen LogP contribution in [0.2, 0.25) is 10.0 Å². The van der Waals surface area contributed by atoms with E-state index in [2.05, 4.69) is 17.4 Å². The summed E-state index contributed by atoms with van der Waals surface area (Å²) in [5.41, 5.74) is 10.6. The van der Waals surface area contributed by atoms with Crippen LogP contribution in [0.5, 0.6) is 0 Å². The number of benzene rings is 1. The molecule has 0 aliphatic carbocycles. The minimum absolute atomic E-state index is 0.404. The van der Waals surface area contributed by atoms with E-state index in [0.29, 0.717) is 21.3 Å². The van der Waals surface area contributed by atoms with Crippen LogP contribution < -0.4 is 16.6 Å². The standard InChI is InChI=1S/C9H9Cl2N3O/c1-5(13-14-9(12)15)7-4-6(10)2-3-8(7)11/h2-4,13H,1H2,(H3,12,14,15). The van der Waals surface area contributed by atoms with Crippen molar-refractivity contribution in [1.29, 1.82) is 0 Å². The number of amides is 2. The second-order valence-corrected chi connectivity index (χ2v) is 3.56. The summed E-state index contributed by atoms with van der Waals surface area (Å²) in [6, 6.07) is 4.20. The molecule has 4 N–H and O–H groups in total. The molecule has 0 unspecified atom stereocenters. The highest BCUT2D eigenvalue weighted by molar-refractivity contribution is 6.34. The fraction of sp³-hybridized carbons (Fsp3) is 0. The van der Waals surface area contributed by atoms with Gasteiger partial charge in [-0.1, -0.05) is 29.8 Å². The molecule has 1 aromatic rings. The summed E-state index contributed by atoms with van der Waals surface area (Å²) in [5.74, 6) is 0. The molecule has 15 heavy (non-hydrogen) atoms. The van der Waals surface area contributed by atoms with E-state index >= 15 is 0 Å².